The zero-order chi connectivity index (χ0) is 21.1. The molecule has 2 amide bonds. The molecule has 1 aliphatic rings. The zero-order valence-electron chi connectivity index (χ0n) is 16.4. The molecule has 0 spiro atoms. The number of benzene rings is 1. The highest BCUT2D eigenvalue weighted by Gasteiger charge is 2.23. The van der Waals surface area contributed by atoms with Crippen LogP contribution >= 0.6 is 22.9 Å². The fourth-order valence-corrected chi connectivity index (χ4v) is 4.13. The number of nitrogens with zero attached hydrogens (tertiary/aromatic N) is 3. The van der Waals surface area contributed by atoms with Crippen LogP contribution in [-0.2, 0) is 6.54 Å². The van der Waals surface area contributed by atoms with Gasteiger partial charge < -0.3 is 14.7 Å². The molecular weight excluding hydrogens is 424 g/mol. The summed E-state index contributed by atoms with van der Waals surface area (Å²) in [6.45, 7) is 5.31. The van der Waals surface area contributed by atoms with E-state index < -0.39 is 0 Å². The van der Waals surface area contributed by atoms with Gasteiger partial charge in [-0.05, 0) is 36.6 Å². The van der Waals surface area contributed by atoms with Crippen LogP contribution in [0.2, 0.25) is 5.02 Å². The Labute approximate surface area is 183 Å². The van der Waals surface area contributed by atoms with Crippen molar-refractivity contribution in [3.63, 3.8) is 0 Å². The van der Waals surface area contributed by atoms with Gasteiger partial charge >= 0.3 is 0 Å². The first-order valence-corrected chi connectivity index (χ1v) is 10.8. The lowest BCUT2D eigenvalue weighted by Crippen LogP contribution is -2.48. The van der Waals surface area contributed by atoms with Crippen molar-refractivity contribution in [2.45, 2.75) is 13.5 Å². The van der Waals surface area contributed by atoms with Crippen LogP contribution in [-0.4, -0.2) is 52.9 Å². The van der Waals surface area contributed by atoms with Crippen molar-refractivity contribution in [3.8, 4) is 0 Å². The average Bonchev–Trinajstić information content (AvgIpc) is 3.42. The maximum atomic E-state index is 13.0. The third-order valence-electron chi connectivity index (χ3n) is 4.92. The number of halogens is 1. The van der Waals surface area contributed by atoms with Gasteiger partial charge in [0.15, 0.2) is 5.76 Å². The van der Waals surface area contributed by atoms with E-state index in [1.54, 1.807) is 24.3 Å². The van der Waals surface area contributed by atoms with Crippen molar-refractivity contribution in [2.75, 3.05) is 31.5 Å². The number of anilines is 1. The van der Waals surface area contributed by atoms with Crippen LogP contribution in [0.3, 0.4) is 0 Å². The maximum absolute atomic E-state index is 13.0. The van der Waals surface area contributed by atoms with Crippen molar-refractivity contribution in [2.24, 2.45) is 0 Å². The van der Waals surface area contributed by atoms with Crippen LogP contribution < -0.4 is 5.32 Å². The van der Waals surface area contributed by atoms with Gasteiger partial charge in [0.1, 0.15) is 0 Å². The van der Waals surface area contributed by atoms with Crippen LogP contribution in [0.25, 0.3) is 0 Å². The molecule has 7 nitrogen and oxygen atoms in total. The minimum absolute atomic E-state index is 0.0755. The average molecular weight is 445 g/mol. The summed E-state index contributed by atoms with van der Waals surface area (Å²) in [7, 11) is 0. The maximum Gasteiger partial charge on any atom is 0.265 e. The molecule has 3 heterocycles. The summed E-state index contributed by atoms with van der Waals surface area (Å²) in [6, 6.07) is 10.4. The number of carbonyl (C=O) groups is 2. The van der Waals surface area contributed by atoms with Crippen LogP contribution in [0.4, 0.5) is 5.69 Å². The fraction of sp³-hybridized carbons (Fsp3) is 0.286. The van der Waals surface area contributed by atoms with Gasteiger partial charge in [-0.15, -0.1) is 11.3 Å². The van der Waals surface area contributed by atoms with Crippen molar-refractivity contribution >= 4 is 40.4 Å². The lowest BCUT2D eigenvalue weighted by Gasteiger charge is -2.34. The molecule has 1 N–H and O–H groups in total. The second-order valence-corrected chi connectivity index (χ2v) is 8.48. The summed E-state index contributed by atoms with van der Waals surface area (Å²) in [5, 5.41) is 8.93. The van der Waals surface area contributed by atoms with E-state index in [1.807, 2.05) is 29.3 Å². The second kappa shape index (κ2) is 8.99. The van der Waals surface area contributed by atoms with E-state index in [9.17, 15) is 9.59 Å². The molecule has 156 valence electrons. The molecular formula is C21H21ClN4O3S. The standard InChI is InChI=1S/C21H21ClN4O3S/c1-14-11-16(29-24-14)13-25-6-8-26(9-7-25)21(28)15-4-5-17(22)18(12-15)23-20(27)19-3-2-10-30-19/h2-5,10-12H,6-9,13H2,1H3,(H,23,27). The van der Waals surface area contributed by atoms with Crippen LogP contribution in [0.1, 0.15) is 31.5 Å². The van der Waals surface area contributed by atoms with E-state index in [0.29, 0.717) is 40.8 Å². The summed E-state index contributed by atoms with van der Waals surface area (Å²) < 4.78 is 5.27. The van der Waals surface area contributed by atoms with Gasteiger partial charge in [0, 0.05) is 37.8 Å². The Bertz CT molecular complexity index is 1040. The number of aryl methyl sites for hydroxylation is 1. The number of hydrogen-bond donors (Lipinski definition) is 1. The molecule has 2 aromatic heterocycles. The van der Waals surface area contributed by atoms with Crippen molar-refractivity contribution in [3.05, 3.63) is 68.7 Å². The number of piperazine rings is 1. The van der Waals surface area contributed by atoms with E-state index in [0.717, 1.165) is 24.5 Å². The molecule has 0 bridgehead atoms. The van der Waals surface area contributed by atoms with Gasteiger partial charge in [-0.3, -0.25) is 14.5 Å². The Morgan fingerprint density at radius 1 is 1.20 bits per heavy atom. The second-order valence-electron chi connectivity index (χ2n) is 7.13. The Morgan fingerprint density at radius 3 is 2.67 bits per heavy atom. The van der Waals surface area contributed by atoms with Gasteiger partial charge in [-0.25, -0.2) is 0 Å². The molecule has 30 heavy (non-hydrogen) atoms. The molecule has 1 saturated heterocycles. The normalized spacial score (nSPS) is 14.7. The van der Waals surface area contributed by atoms with Gasteiger partial charge in [0.05, 0.1) is 27.8 Å². The minimum Gasteiger partial charge on any atom is -0.360 e. The zero-order valence-corrected chi connectivity index (χ0v) is 18.0. The van der Waals surface area contributed by atoms with E-state index in [2.05, 4.69) is 15.4 Å². The van der Waals surface area contributed by atoms with Gasteiger partial charge in [-0.2, -0.15) is 0 Å². The molecule has 3 aromatic rings. The predicted octanol–water partition coefficient (Wildman–Crippen LogP) is 3.91. The number of thiophene rings is 1. The summed E-state index contributed by atoms with van der Waals surface area (Å²) >= 11 is 7.58. The van der Waals surface area contributed by atoms with E-state index in [4.69, 9.17) is 16.1 Å². The monoisotopic (exact) mass is 444 g/mol. The summed E-state index contributed by atoms with van der Waals surface area (Å²) in [4.78, 5) is 29.9. The third kappa shape index (κ3) is 4.72. The highest BCUT2D eigenvalue weighted by molar-refractivity contribution is 7.12. The Balaban J connectivity index is 1.38. The van der Waals surface area contributed by atoms with E-state index in [-0.39, 0.29) is 11.8 Å². The predicted molar refractivity (Wildman–Crippen MR) is 116 cm³/mol. The summed E-state index contributed by atoms with van der Waals surface area (Å²) in [6.07, 6.45) is 0. The number of amides is 2. The number of carbonyl (C=O) groups excluding carboxylic acids is 2. The molecule has 1 aliphatic heterocycles. The van der Waals surface area contributed by atoms with Gasteiger partial charge in [0.2, 0.25) is 0 Å². The van der Waals surface area contributed by atoms with Crippen LogP contribution in [0.15, 0.2) is 46.3 Å². The largest absolute Gasteiger partial charge is 0.360 e. The molecule has 0 atom stereocenters. The fourth-order valence-electron chi connectivity index (χ4n) is 3.35. The number of nitrogens with one attached hydrogen (secondary N) is 1. The molecule has 0 radical (unpaired) electrons. The Hall–Kier alpha value is -2.68. The third-order valence-corrected chi connectivity index (χ3v) is 6.12. The number of hydrogen-bond acceptors (Lipinski definition) is 6. The van der Waals surface area contributed by atoms with Gasteiger partial charge in [-0.1, -0.05) is 22.8 Å². The lowest BCUT2D eigenvalue weighted by atomic mass is 10.1. The van der Waals surface area contributed by atoms with Crippen LogP contribution in [0.5, 0.6) is 0 Å². The van der Waals surface area contributed by atoms with Gasteiger partial charge in [0.25, 0.3) is 11.8 Å². The highest BCUT2D eigenvalue weighted by atomic mass is 35.5. The summed E-state index contributed by atoms with van der Waals surface area (Å²) in [5.41, 5.74) is 1.80. The quantitative estimate of drug-likeness (QED) is 0.645. The molecule has 1 fully saturated rings. The molecule has 0 unspecified atom stereocenters. The molecule has 0 saturated carbocycles. The minimum atomic E-state index is -0.243. The van der Waals surface area contributed by atoms with Crippen molar-refractivity contribution < 1.29 is 14.1 Å². The number of aromatic nitrogens is 1. The van der Waals surface area contributed by atoms with Crippen molar-refractivity contribution in [1.82, 2.24) is 15.0 Å². The van der Waals surface area contributed by atoms with Crippen molar-refractivity contribution in [1.29, 1.82) is 0 Å². The first-order chi connectivity index (χ1) is 14.5. The Kier molecular flexibility index (Phi) is 6.17. The summed E-state index contributed by atoms with van der Waals surface area (Å²) in [5.74, 6) is 0.511. The topological polar surface area (TPSA) is 78.7 Å². The van der Waals surface area contributed by atoms with E-state index in [1.165, 1.54) is 11.3 Å². The molecule has 0 aliphatic carbocycles. The Morgan fingerprint density at radius 2 is 2.00 bits per heavy atom. The molecule has 9 heteroatoms. The first-order valence-electron chi connectivity index (χ1n) is 9.58. The van der Waals surface area contributed by atoms with E-state index >= 15 is 0 Å². The highest BCUT2D eigenvalue weighted by Crippen LogP contribution is 2.25. The SMILES string of the molecule is Cc1cc(CN2CCN(C(=O)c3ccc(Cl)c(NC(=O)c4cccs4)c3)CC2)on1. The first kappa shape index (κ1) is 20.6. The lowest BCUT2D eigenvalue weighted by molar-refractivity contribution is 0.0617. The van der Waals surface area contributed by atoms with Crippen LogP contribution in [0, 0.1) is 6.92 Å². The molecule has 1 aromatic carbocycles. The smallest absolute Gasteiger partial charge is 0.265 e. The molecule has 4 rings (SSSR count). The number of rotatable bonds is 5.